The molecule has 186 valence electrons. The van der Waals surface area contributed by atoms with Gasteiger partial charge in [-0.1, -0.05) is 6.07 Å². The summed E-state index contributed by atoms with van der Waals surface area (Å²) in [6.45, 7) is 9.56. The number of aromatic nitrogens is 2. The highest BCUT2D eigenvalue weighted by Crippen LogP contribution is 2.30. The number of benzene rings is 1. The van der Waals surface area contributed by atoms with Crippen LogP contribution in [0.5, 0.6) is 11.5 Å². The predicted octanol–water partition coefficient (Wildman–Crippen LogP) is 1.58. The molecule has 2 aromatic rings. The summed E-state index contributed by atoms with van der Waals surface area (Å²) < 4.78 is 17.0. The fraction of sp³-hybridized carbons (Fsp3) is 0.600. The van der Waals surface area contributed by atoms with Crippen molar-refractivity contribution in [3.63, 3.8) is 0 Å². The number of likely N-dealkylation sites (N-methyl/N-ethyl adjacent to an activating group) is 1. The highest BCUT2D eigenvalue weighted by Gasteiger charge is 2.37. The smallest absolute Gasteiger partial charge is 0.161 e. The third kappa shape index (κ3) is 6.56. The molecule has 3 heterocycles. The van der Waals surface area contributed by atoms with E-state index in [2.05, 4.69) is 30.7 Å². The van der Waals surface area contributed by atoms with Crippen LogP contribution in [0.2, 0.25) is 0 Å². The molecule has 0 bridgehead atoms. The van der Waals surface area contributed by atoms with Crippen molar-refractivity contribution in [2.45, 2.75) is 25.5 Å². The Kier molecular flexibility index (Phi) is 8.20. The lowest BCUT2D eigenvalue weighted by molar-refractivity contribution is 0.0279. The largest absolute Gasteiger partial charge is 0.493 e. The zero-order chi connectivity index (χ0) is 24.0. The lowest BCUT2D eigenvalue weighted by atomic mass is 10.0. The summed E-state index contributed by atoms with van der Waals surface area (Å²) in [6, 6.07) is 8.03. The van der Waals surface area contributed by atoms with Crippen molar-refractivity contribution in [2.75, 3.05) is 78.1 Å². The maximum Gasteiger partial charge on any atom is 0.161 e. The monoisotopic (exact) mass is 471 g/mol. The summed E-state index contributed by atoms with van der Waals surface area (Å²) >= 11 is 0. The molecule has 1 atom stereocenters. The summed E-state index contributed by atoms with van der Waals surface area (Å²) in [5.74, 6) is 2.37. The third-order valence-corrected chi connectivity index (χ3v) is 6.46. The van der Waals surface area contributed by atoms with Gasteiger partial charge in [-0.3, -0.25) is 9.80 Å². The van der Waals surface area contributed by atoms with E-state index in [1.54, 1.807) is 13.4 Å². The Bertz CT molecular complexity index is 939. The minimum Gasteiger partial charge on any atom is -0.493 e. The number of nitrogens with zero attached hydrogens (tertiary/aromatic N) is 5. The summed E-state index contributed by atoms with van der Waals surface area (Å²) in [5, 5.41) is 11.2. The van der Waals surface area contributed by atoms with Gasteiger partial charge in [0, 0.05) is 57.6 Å². The van der Waals surface area contributed by atoms with Gasteiger partial charge in [-0.25, -0.2) is 9.97 Å². The van der Waals surface area contributed by atoms with Crippen LogP contribution in [-0.4, -0.2) is 104 Å². The number of aryl methyl sites for hydroxylation is 1. The molecule has 2 aliphatic rings. The van der Waals surface area contributed by atoms with Crippen molar-refractivity contribution in [2.24, 2.45) is 0 Å². The fourth-order valence-electron chi connectivity index (χ4n) is 4.70. The number of methoxy groups -OCH3 is 1. The number of hydrogen-bond donors (Lipinski definition) is 1. The standard InChI is InChI=1S/C25H37N5O4/c1-20-14-24(27-19-26-20)30-7-6-25(31,18-30)17-28(2)16-21-4-5-22(23(15-21)32-3)34-13-10-29-8-11-33-12-9-29/h4-5,14-15,19,31H,6-13,16-18H2,1-3H3. The molecule has 0 radical (unpaired) electrons. The average Bonchev–Trinajstić information content (AvgIpc) is 3.22. The van der Waals surface area contributed by atoms with Crippen LogP contribution in [-0.2, 0) is 11.3 Å². The van der Waals surface area contributed by atoms with Crippen molar-refractivity contribution in [1.82, 2.24) is 19.8 Å². The maximum atomic E-state index is 11.2. The Balaban J connectivity index is 1.28. The molecular formula is C25H37N5O4. The van der Waals surface area contributed by atoms with Crippen LogP contribution < -0.4 is 14.4 Å². The van der Waals surface area contributed by atoms with Crippen LogP contribution in [0.15, 0.2) is 30.6 Å². The summed E-state index contributed by atoms with van der Waals surface area (Å²) in [4.78, 5) is 15.2. The number of rotatable bonds is 10. The number of aliphatic hydroxyl groups is 1. The first kappa shape index (κ1) is 24.7. The Morgan fingerprint density at radius 2 is 1.97 bits per heavy atom. The molecule has 2 aliphatic heterocycles. The molecule has 34 heavy (non-hydrogen) atoms. The van der Waals surface area contributed by atoms with Gasteiger partial charge in [0.05, 0.1) is 25.9 Å². The third-order valence-electron chi connectivity index (χ3n) is 6.46. The van der Waals surface area contributed by atoms with E-state index in [1.807, 2.05) is 32.2 Å². The second-order valence-corrected chi connectivity index (χ2v) is 9.37. The molecule has 2 saturated heterocycles. The summed E-state index contributed by atoms with van der Waals surface area (Å²) in [5.41, 5.74) is 1.27. The van der Waals surface area contributed by atoms with E-state index >= 15 is 0 Å². The van der Waals surface area contributed by atoms with E-state index in [4.69, 9.17) is 14.2 Å². The maximum absolute atomic E-state index is 11.2. The van der Waals surface area contributed by atoms with Gasteiger partial charge in [0.25, 0.3) is 0 Å². The molecule has 9 heteroatoms. The van der Waals surface area contributed by atoms with Crippen LogP contribution in [0, 0.1) is 6.92 Å². The van der Waals surface area contributed by atoms with Gasteiger partial charge in [-0.2, -0.15) is 0 Å². The first-order valence-electron chi connectivity index (χ1n) is 12.0. The Labute approximate surface area is 202 Å². The van der Waals surface area contributed by atoms with Crippen molar-refractivity contribution >= 4 is 5.82 Å². The zero-order valence-corrected chi connectivity index (χ0v) is 20.6. The number of anilines is 1. The molecule has 4 rings (SSSR count). The van der Waals surface area contributed by atoms with Gasteiger partial charge in [0.15, 0.2) is 11.5 Å². The van der Waals surface area contributed by atoms with E-state index in [0.29, 0.717) is 32.7 Å². The average molecular weight is 472 g/mol. The molecule has 1 N–H and O–H groups in total. The minimum atomic E-state index is -0.778. The molecule has 1 aromatic carbocycles. The van der Waals surface area contributed by atoms with E-state index in [1.165, 1.54) is 0 Å². The van der Waals surface area contributed by atoms with E-state index < -0.39 is 5.60 Å². The molecule has 0 spiro atoms. The lowest BCUT2D eigenvalue weighted by Gasteiger charge is -2.29. The topological polar surface area (TPSA) is 83.4 Å². The molecule has 2 fully saturated rings. The van der Waals surface area contributed by atoms with Gasteiger partial charge in [-0.15, -0.1) is 0 Å². The molecule has 9 nitrogen and oxygen atoms in total. The first-order valence-corrected chi connectivity index (χ1v) is 12.0. The van der Waals surface area contributed by atoms with Crippen molar-refractivity contribution in [1.29, 1.82) is 0 Å². The van der Waals surface area contributed by atoms with Crippen LogP contribution >= 0.6 is 0 Å². The highest BCUT2D eigenvalue weighted by molar-refractivity contribution is 5.43. The number of ether oxygens (including phenoxy) is 3. The number of hydrogen-bond acceptors (Lipinski definition) is 9. The number of β-amino-alcohol motifs (C(OH)–C–C–N with tert-alkyl or cyclic N) is 1. The highest BCUT2D eigenvalue weighted by atomic mass is 16.5. The molecule has 1 unspecified atom stereocenters. The second-order valence-electron chi connectivity index (χ2n) is 9.37. The van der Waals surface area contributed by atoms with Gasteiger partial charge in [0.2, 0.25) is 0 Å². The Morgan fingerprint density at radius 1 is 1.15 bits per heavy atom. The number of morpholine rings is 1. The van der Waals surface area contributed by atoms with Gasteiger partial charge >= 0.3 is 0 Å². The van der Waals surface area contributed by atoms with Crippen molar-refractivity contribution in [3.8, 4) is 11.5 Å². The van der Waals surface area contributed by atoms with Crippen molar-refractivity contribution in [3.05, 3.63) is 41.9 Å². The van der Waals surface area contributed by atoms with E-state index in [0.717, 1.165) is 68.0 Å². The SMILES string of the molecule is COc1cc(CN(C)CC2(O)CCN(c3cc(C)ncn3)C2)ccc1OCCN1CCOCC1. The van der Waals surface area contributed by atoms with Crippen molar-refractivity contribution < 1.29 is 19.3 Å². The summed E-state index contributed by atoms with van der Waals surface area (Å²) in [7, 11) is 3.71. The minimum absolute atomic E-state index is 0.563. The Hall–Kier alpha value is -2.46. The van der Waals surface area contributed by atoms with Crippen LogP contribution in [0.1, 0.15) is 17.7 Å². The fourth-order valence-corrected chi connectivity index (χ4v) is 4.70. The molecule has 0 saturated carbocycles. The van der Waals surface area contributed by atoms with E-state index in [-0.39, 0.29) is 0 Å². The molecule has 0 aliphatic carbocycles. The molecule has 0 amide bonds. The lowest BCUT2D eigenvalue weighted by Crippen LogP contribution is -2.43. The normalized spacial score (nSPS) is 21.3. The van der Waals surface area contributed by atoms with E-state index in [9.17, 15) is 5.11 Å². The molecule has 1 aromatic heterocycles. The van der Waals surface area contributed by atoms with Gasteiger partial charge < -0.3 is 24.2 Å². The zero-order valence-electron chi connectivity index (χ0n) is 20.6. The second kappa shape index (κ2) is 11.3. The predicted molar refractivity (Wildman–Crippen MR) is 131 cm³/mol. The van der Waals surface area contributed by atoms with Gasteiger partial charge in [0.1, 0.15) is 18.8 Å². The quantitative estimate of drug-likeness (QED) is 0.555. The Morgan fingerprint density at radius 3 is 2.74 bits per heavy atom. The van der Waals surface area contributed by atoms with Crippen LogP contribution in [0.3, 0.4) is 0 Å². The molecular weight excluding hydrogens is 434 g/mol. The first-order chi connectivity index (χ1) is 16.4. The van der Waals surface area contributed by atoms with Crippen LogP contribution in [0.4, 0.5) is 5.82 Å². The summed E-state index contributed by atoms with van der Waals surface area (Å²) in [6.07, 6.45) is 2.29. The van der Waals surface area contributed by atoms with Crippen LogP contribution in [0.25, 0.3) is 0 Å². The van der Waals surface area contributed by atoms with Gasteiger partial charge in [-0.05, 0) is 38.1 Å².